The number of carbonyl (C=O) groups is 2. The van der Waals surface area contributed by atoms with Gasteiger partial charge in [-0.05, 0) is 0 Å². The van der Waals surface area contributed by atoms with Gasteiger partial charge in [-0.1, -0.05) is 0 Å². The molecule has 0 heterocycles. The second kappa shape index (κ2) is 12.1. The van der Waals surface area contributed by atoms with Crippen LogP contribution in [0.2, 0.25) is 0 Å². The smallest absolute Gasteiger partial charge is 0.662 e. The summed E-state index contributed by atoms with van der Waals surface area (Å²) in [7, 11) is 0. The van der Waals surface area contributed by atoms with Crippen molar-refractivity contribution < 1.29 is 46.7 Å². The Bertz CT molecular complexity index is 99.1. The van der Waals surface area contributed by atoms with Crippen molar-refractivity contribution in [3.8, 4) is 0 Å². The zero-order valence-corrected chi connectivity index (χ0v) is 6.82. The molecule has 0 N–H and O–H groups in total. The van der Waals surface area contributed by atoms with E-state index in [1.807, 2.05) is 0 Å². The molecule has 0 spiro atoms. The summed E-state index contributed by atoms with van der Waals surface area (Å²) < 4.78 is 0. The van der Waals surface area contributed by atoms with E-state index < -0.39 is 11.9 Å². The fraction of sp³-hybridized carbons (Fsp3) is 0.500. The monoisotopic (exact) mass is 209 g/mol. The van der Waals surface area contributed by atoms with E-state index in [4.69, 9.17) is 10.5 Å². The van der Waals surface area contributed by atoms with E-state index in [-0.39, 0.29) is 16.8 Å². The van der Waals surface area contributed by atoms with E-state index in [9.17, 15) is 9.59 Å². The van der Waals surface area contributed by atoms with Crippen LogP contribution in [0.25, 0.3) is 0 Å². The van der Waals surface area contributed by atoms with Gasteiger partial charge in [0.05, 0.1) is 0 Å². The molecule has 0 atom stereocenters. The van der Waals surface area contributed by atoms with E-state index >= 15 is 0 Å². The Hall–Kier alpha value is -0.634. The predicted octanol–water partition coefficient (Wildman–Crippen LogP) is -2.35. The summed E-state index contributed by atoms with van der Waals surface area (Å²) in [5.41, 5.74) is 0. The van der Waals surface area contributed by atoms with Gasteiger partial charge in [0.1, 0.15) is 0 Å². The van der Waals surface area contributed by atoms with Crippen LogP contribution in [0.15, 0.2) is 0 Å². The van der Waals surface area contributed by atoms with Crippen LogP contribution in [0.4, 0.5) is 0 Å². The van der Waals surface area contributed by atoms with Gasteiger partial charge in [0, 0.05) is 13.8 Å². The van der Waals surface area contributed by atoms with Gasteiger partial charge in [0.2, 0.25) is 0 Å². The predicted molar refractivity (Wildman–Crippen MR) is 23.5 cm³/mol. The first kappa shape index (κ1) is 16.8. The molecule has 67 valence electrons. The molecule has 11 heavy (non-hydrogen) atoms. The van der Waals surface area contributed by atoms with Crippen molar-refractivity contribution in [3.63, 3.8) is 0 Å². The molecule has 0 bridgehead atoms. The van der Waals surface area contributed by atoms with Gasteiger partial charge in [0.25, 0.3) is 11.9 Å². The molecule has 0 rings (SSSR count). The van der Waals surface area contributed by atoms with Crippen LogP contribution in [0, 0.1) is 0 Å². The zero-order valence-electron chi connectivity index (χ0n) is 5.78. The Morgan fingerprint density at radius 1 is 1.00 bits per heavy atom. The molecule has 7 heteroatoms. The second-order valence-electron chi connectivity index (χ2n) is 1.15. The van der Waals surface area contributed by atoms with Gasteiger partial charge >= 0.3 is 16.8 Å². The van der Waals surface area contributed by atoms with Crippen LogP contribution in [-0.2, 0) is 36.1 Å². The van der Waals surface area contributed by atoms with Gasteiger partial charge in [-0.3, -0.25) is 9.59 Å². The molecular formula is C4H6CoO6. The van der Waals surface area contributed by atoms with Crippen molar-refractivity contribution in [1.82, 2.24) is 0 Å². The number of hydrogen-bond acceptors (Lipinski definition) is 6. The van der Waals surface area contributed by atoms with Crippen LogP contribution in [0.5, 0.6) is 0 Å². The Morgan fingerprint density at radius 2 is 1.09 bits per heavy atom. The minimum atomic E-state index is -0.801. The third kappa shape index (κ3) is 44.8. The molecule has 0 aromatic rings. The van der Waals surface area contributed by atoms with Crippen molar-refractivity contribution in [2.75, 3.05) is 0 Å². The minimum absolute atomic E-state index is 0. The first-order chi connectivity index (χ1) is 4.54. The van der Waals surface area contributed by atoms with Gasteiger partial charge < -0.3 is 20.3 Å². The average Bonchev–Trinajstić information content (AvgIpc) is 1.89. The summed E-state index contributed by atoms with van der Waals surface area (Å²) in [6.45, 7) is 2.10. The SMILES string of the molecule is CC(=O)O[O-].CC(=O)O[O-].[Co+2]. The van der Waals surface area contributed by atoms with Gasteiger partial charge in [-0.15, -0.1) is 0 Å². The van der Waals surface area contributed by atoms with Crippen LogP contribution in [0.3, 0.4) is 0 Å². The van der Waals surface area contributed by atoms with Crippen molar-refractivity contribution in [3.05, 3.63) is 0 Å². The Kier molecular flexibility index (Phi) is 18.4. The fourth-order valence-electron chi connectivity index (χ4n) is 0. The molecule has 0 aromatic heterocycles. The summed E-state index contributed by atoms with van der Waals surface area (Å²) in [6, 6.07) is 0. The first-order valence-electron chi connectivity index (χ1n) is 2.15. The molecule has 1 radical (unpaired) electrons. The normalized spacial score (nSPS) is 6.18. The first-order valence-corrected chi connectivity index (χ1v) is 2.15. The van der Waals surface area contributed by atoms with Crippen molar-refractivity contribution in [1.29, 1.82) is 0 Å². The average molecular weight is 209 g/mol. The van der Waals surface area contributed by atoms with E-state index in [1.165, 1.54) is 0 Å². The fourth-order valence-corrected chi connectivity index (χ4v) is 0. The number of rotatable bonds is 0. The molecule has 0 fully saturated rings. The molecular weight excluding hydrogens is 203 g/mol. The minimum Gasteiger partial charge on any atom is -0.662 e. The quantitative estimate of drug-likeness (QED) is 0.327. The van der Waals surface area contributed by atoms with E-state index in [1.54, 1.807) is 0 Å². The standard InChI is InChI=1S/2C2H4O3.Co/c2*1-2(3)5-4;/h2*4H,1H3;/q;;+2/p-2. The summed E-state index contributed by atoms with van der Waals surface area (Å²) in [5, 5.41) is 17.6. The Morgan fingerprint density at radius 3 is 1.09 bits per heavy atom. The molecule has 0 saturated heterocycles. The maximum Gasteiger partial charge on any atom is 2.00 e. The van der Waals surface area contributed by atoms with Gasteiger partial charge in [-0.2, -0.15) is 0 Å². The molecule has 6 nitrogen and oxygen atoms in total. The molecule has 0 aliphatic carbocycles. The molecule has 0 aliphatic rings. The second-order valence-corrected chi connectivity index (χ2v) is 1.15. The van der Waals surface area contributed by atoms with Crippen LogP contribution < -0.4 is 10.5 Å². The van der Waals surface area contributed by atoms with Crippen LogP contribution in [0.1, 0.15) is 13.8 Å². The molecule has 0 saturated carbocycles. The van der Waals surface area contributed by atoms with Crippen molar-refractivity contribution in [2.45, 2.75) is 13.8 Å². The molecule has 0 aliphatic heterocycles. The third-order valence-corrected chi connectivity index (χ3v) is 0.235. The summed E-state index contributed by atoms with van der Waals surface area (Å²) >= 11 is 0. The topological polar surface area (TPSA) is 98.7 Å². The molecule has 0 unspecified atom stereocenters. The Balaban J connectivity index is -0.000000107. The van der Waals surface area contributed by atoms with Crippen molar-refractivity contribution in [2.24, 2.45) is 0 Å². The van der Waals surface area contributed by atoms with E-state index in [2.05, 4.69) is 9.78 Å². The molecule has 0 aromatic carbocycles. The summed E-state index contributed by atoms with van der Waals surface area (Å²) in [4.78, 5) is 24.3. The number of hydrogen-bond donors (Lipinski definition) is 0. The summed E-state index contributed by atoms with van der Waals surface area (Å²) in [5.74, 6) is -1.60. The van der Waals surface area contributed by atoms with Gasteiger partial charge in [-0.25, -0.2) is 0 Å². The zero-order chi connectivity index (χ0) is 8.57. The maximum absolute atomic E-state index is 9.28. The maximum atomic E-state index is 9.28. The third-order valence-electron chi connectivity index (χ3n) is 0.235. The summed E-state index contributed by atoms with van der Waals surface area (Å²) in [6.07, 6.45) is 0. The molecule has 0 amide bonds. The number of carbonyl (C=O) groups excluding carboxylic acids is 2. The van der Waals surface area contributed by atoms with Gasteiger partial charge in [0.15, 0.2) is 0 Å². The van der Waals surface area contributed by atoms with E-state index in [0.717, 1.165) is 13.8 Å². The van der Waals surface area contributed by atoms with E-state index in [0.29, 0.717) is 0 Å². The Labute approximate surface area is 73.2 Å². The van der Waals surface area contributed by atoms with Crippen LogP contribution >= 0.6 is 0 Å². The largest absolute Gasteiger partial charge is 2.00 e. The van der Waals surface area contributed by atoms with Crippen LogP contribution in [-0.4, -0.2) is 11.9 Å². The van der Waals surface area contributed by atoms with Crippen molar-refractivity contribution >= 4 is 11.9 Å².